The van der Waals surface area contributed by atoms with Crippen molar-refractivity contribution in [3.8, 4) is 0 Å². The van der Waals surface area contributed by atoms with Crippen LogP contribution in [-0.4, -0.2) is 57.3 Å². The second kappa shape index (κ2) is 6.85. The highest BCUT2D eigenvalue weighted by molar-refractivity contribution is 7.88. The summed E-state index contributed by atoms with van der Waals surface area (Å²) < 4.78 is 36.8. The largest absolute Gasteiger partial charge is 0.392 e. The lowest BCUT2D eigenvalue weighted by atomic mass is 10.2. The first-order valence-electron chi connectivity index (χ1n) is 6.72. The molecule has 1 N–H and O–H groups in total. The molecule has 1 saturated heterocycles. The van der Waals surface area contributed by atoms with Crippen molar-refractivity contribution in [2.75, 3.05) is 27.3 Å². The summed E-state index contributed by atoms with van der Waals surface area (Å²) in [5.41, 5.74) is 1.46. The number of methoxy groups -OCH3 is 2. The predicted octanol–water partition coefficient (Wildman–Crippen LogP) is 0.354. The van der Waals surface area contributed by atoms with Crippen LogP contribution in [0, 0.1) is 0 Å². The van der Waals surface area contributed by atoms with E-state index in [9.17, 15) is 8.42 Å². The number of ether oxygens (including phenoxy) is 2. The van der Waals surface area contributed by atoms with Gasteiger partial charge in [0.15, 0.2) is 0 Å². The molecular formula is C14H21NO5S. The van der Waals surface area contributed by atoms with Crippen LogP contribution in [0.5, 0.6) is 0 Å². The first-order chi connectivity index (χ1) is 10.00. The molecule has 1 aliphatic rings. The van der Waals surface area contributed by atoms with Crippen LogP contribution in [0.3, 0.4) is 0 Å². The van der Waals surface area contributed by atoms with Gasteiger partial charge in [-0.05, 0) is 11.1 Å². The van der Waals surface area contributed by atoms with Crippen LogP contribution in [0.1, 0.15) is 11.1 Å². The minimum Gasteiger partial charge on any atom is -0.392 e. The van der Waals surface area contributed by atoms with Gasteiger partial charge in [-0.2, -0.15) is 4.31 Å². The highest BCUT2D eigenvalue weighted by Crippen LogP contribution is 2.21. The van der Waals surface area contributed by atoms with Crippen molar-refractivity contribution in [2.24, 2.45) is 0 Å². The summed E-state index contributed by atoms with van der Waals surface area (Å²) in [6, 6.07) is 6.90. The SMILES string of the molecule is COC1CN(S(=O)(=O)Cc2ccc(CO)cc2)CC1OC. The van der Waals surface area contributed by atoms with E-state index >= 15 is 0 Å². The van der Waals surface area contributed by atoms with E-state index in [1.807, 2.05) is 0 Å². The highest BCUT2D eigenvalue weighted by Gasteiger charge is 2.38. The van der Waals surface area contributed by atoms with Gasteiger partial charge in [0.2, 0.25) is 10.0 Å². The molecule has 0 bridgehead atoms. The van der Waals surface area contributed by atoms with Crippen molar-refractivity contribution in [2.45, 2.75) is 24.6 Å². The van der Waals surface area contributed by atoms with E-state index in [0.717, 1.165) is 5.56 Å². The van der Waals surface area contributed by atoms with Crippen LogP contribution >= 0.6 is 0 Å². The molecule has 2 rings (SSSR count). The Hall–Kier alpha value is -0.990. The molecule has 2 atom stereocenters. The Morgan fingerprint density at radius 2 is 1.57 bits per heavy atom. The number of hydrogen-bond donors (Lipinski definition) is 1. The Morgan fingerprint density at radius 3 is 2.00 bits per heavy atom. The van der Waals surface area contributed by atoms with Crippen molar-refractivity contribution in [1.29, 1.82) is 0 Å². The maximum atomic E-state index is 12.4. The monoisotopic (exact) mass is 315 g/mol. The van der Waals surface area contributed by atoms with Crippen LogP contribution in [0.15, 0.2) is 24.3 Å². The third-order valence-electron chi connectivity index (χ3n) is 3.74. The van der Waals surface area contributed by atoms with Gasteiger partial charge in [0.1, 0.15) is 0 Å². The zero-order chi connectivity index (χ0) is 15.5. The quantitative estimate of drug-likeness (QED) is 0.820. The minimum absolute atomic E-state index is 0.0514. The van der Waals surface area contributed by atoms with Crippen LogP contribution in [0.2, 0.25) is 0 Å². The van der Waals surface area contributed by atoms with Gasteiger partial charge in [-0.3, -0.25) is 0 Å². The van der Waals surface area contributed by atoms with E-state index in [1.54, 1.807) is 38.5 Å². The van der Waals surface area contributed by atoms with Crippen molar-refractivity contribution < 1.29 is 23.0 Å². The molecule has 0 spiro atoms. The Balaban J connectivity index is 2.08. The number of benzene rings is 1. The molecule has 2 unspecified atom stereocenters. The van der Waals surface area contributed by atoms with Gasteiger partial charge in [-0.15, -0.1) is 0 Å². The van der Waals surface area contributed by atoms with Crippen molar-refractivity contribution >= 4 is 10.0 Å². The normalized spacial score (nSPS) is 23.6. The molecule has 1 aliphatic heterocycles. The van der Waals surface area contributed by atoms with Crippen molar-refractivity contribution in [1.82, 2.24) is 4.31 Å². The molecule has 6 nitrogen and oxygen atoms in total. The Bertz CT molecular complexity index is 545. The van der Waals surface area contributed by atoms with Gasteiger partial charge in [0, 0.05) is 27.3 Å². The third-order valence-corrected chi connectivity index (χ3v) is 5.52. The summed E-state index contributed by atoms with van der Waals surface area (Å²) in [7, 11) is -0.296. The average Bonchev–Trinajstić information content (AvgIpc) is 2.92. The fourth-order valence-corrected chi connectivity index (χ4v) is 3.98. The minimum atomic E-state index is -3.41. The molecule has 7 heteroatoms. The van der Waals surface area contributed by atoms with Gasteiger partial charge in [-0.25, -0.2) is 8.42 Å². The molecule has 0 aromatic heterocycles. The van der Waals surface area contributed by atoms with E-state index < -0.39 is 10.0 Å². The molecule has 21 heavy (non-hydrogen) atoms. The maximum Gasteiger partial charge on any atom is 0.218 e. The summed E-state index contributed by atoms with van der Waals surface area (Å²) in [5.74, 6) is -0.0639. The Labute approximate surface area is 125 Å². The lowest BCUT2D eigenvalue weighted by Crippen LogP contribution is -2.31. The van der Waals surface area contributed by atoms with Gasteiger partial charge in [0.25, 0.3) is 0 Å². The molecule has 0 amide bonds. The smallest absolute Gasteiger partial charge is 0.218 e. The molecule has 1 aromatic carbocycles. The average molecular weight is 315 g/mol. The van der Waals surface area contributed by atoms with E-state index in [4.69, 9.17) is 14.6 Å². The van der Waals surface area contributed by atoms with Crippen molar-refractivity contribution in [3.63, 3.8) is 0 Å². The summed E-state index contributed by atoms with van der Waals surface area (Å²) in [5, 5.41) is 8.99. The van der Waals surface area contributed by atoms with Crippen molar-refractivity contribution in [3.05, 3.63) is 35.4 Å². The van der Waals surface area contributed by atoms with Crippen LogP contribution in [-0.2, 0) is 31.9 Å². The first kappa shape index (κ1) is 16.4. The van der Waals surface area contributed by atoms with Crippen LogP contribution in [0.4, 0.5) is 0 Å². The Kier molecular flexibility index (Phi) is 5.34. The second-order valence-corrected chi connectivity index (χ2v) is 7.07. The zero-order valence-electron chi connectivity index (χ0n) is 12.2. The topological polar surface area (TPSA) is 76.1 Å². The van der Waals surface area contributed by atoms with E-state index in [2.05, 4.69) is 0 Å². The molecule has 1 aromatic rings. The van der Waals surface area contributed by atoms with Crippen LogP contribution in [0.25, 0.3) is 0 Å². The van der Waals surface area contributed by atoms with Gasteiger partial charge >= 0.3 is 0 Å². The standard InChI is InChI=1S/C14H21NO5S/c1-19-13-7-15(8-14(13)20-2)21(17,18)10-12-5-3-11(9-16)4-6-12/h3-6,13-14,16H,7-10H2,1-2H3. The van der Waals surface area contributed by atoms with Gasteiger partial charge in [0.05, 0.1) is 24.6 Å². The molecule has 1 fully saturated rings. The zero-order valence-corrected chi connectivity index (χ0v) is 13.0. The van der Waals surface area contributed by atoms with E-state index in [1.165, 1.54) is 4.31 Å². The fourth-order valence-electron chi connectivity index (χ4n) is 2.43. The number of aliphatic hydroxyl groups excluding tert-OH is 1. The van der Waals surface area contributed by atoms with E-state index in [0.29, 0.717) is 18.7 Å². The fraction of sp³-hybridized carbons (Fsp3) is 0.571. The molecule has 0 aliphatic carbocycles. The Morgan fingerprint density at radius 1 is 1.10 bits per heavy atom. The molecular weight excluding hydrogens is 294 g/mol. The molecule has 1 heterocycles. The highest BCUT2D eigenvalue weighted by atomic mass is 32.2. The lowest BCUT2D eigenvalue weighted by molar-refractivity contribution is -0.00461. The number of hydrogen-bond acceptors (Lipinski definition) is 5. The van der Waals surface area contributed by atoms with Gasteiger partial charge in [-0.1, -0.05) is 24.3 Å². The summed E-state index contributed by atoms with van der Waals surface area (Å²) >= 11 is 0. The molecule has 0 saturated carbocycles. The summed E-state index contributed by atoms with van der Waals surface area (Å²) in [4.78, 5) is 0. The van der Waals surface area contributed by atoms with E-state index in [-0.39, 0.29) is 24.6 Å². The predicted molar refractivity (Wildman–Crippen MR) is 78.2 cm³/mol. The lowest BCUT2D eigenvalue weighted by Gasteiger charge is -2.16. The second-order valence-electron chi connectivity index (χ2n) is 5.10. The number of sulfonamides is 1. The molecule has 118 valence electrons. The number of aliphatic hydroxyl groups is 1. The number of nitrogens with zero attached hydrogens (tertiary/aromatic N) is 1. The van der Waals surface area contributed by atoms with Gasteiger partial charge < -0.3 is 14.6 Å². The van der Waals surface area contributed by atoms with Crippen LogP contribution < -0.4 is 0 Å². The number of rotatable bonds is 6. The first-order valence-corrected chi connectivity index (χ1v) is 8.33. The summed E-state index contributed by atoms with van der Waals surface area (Å²) in [6.07, 6.45) is -0.469. The summed E-state index contributed by atoms with van der Waals surface area (Å²) in [6.45, 7) is 0.572. The molecule has 0 radical (unpaired) electrons. The third kappa shape index (κ3) is 3.81. The maximum absolute atomic E-state index is 12.4.